The molecule has 5 nitrogen and oxygen atoms in total. The number of benzene rings is 3. The Kier molecular flexibility index (Phi) is 10.3. The monoisotopic (exact) mass is 532 g/mol. The zero-order valence-corrected chi connectivity index (χ0v) is 21.6. The summed E-state index contributed by atoms with van der Waals surface area (Å²) in [7, 11) is 0. The van der Waals surface area contributed by atoms with Crippen molar-refractivity contribution in [1.29, 1.82) is 0 Å². The van der Waals surface area contributed by atoms with Crippen LogP contribution in [0.5, 0.6) is 5.75 Å². The molecule has 2 amide bonds. The van der Waals surface area contributed by atoms with Crippen LogP contribution in [-0.4, -0.2) is 35.9 Å². The number of carbonyl (C=O) groups excluding carboxylic acids is 2. The molecule has 0 saturated heterocycles. The zero-order chi connectivity index (χ0) is 25.2. The number of ether oxygens (including phenoxy) is 1. The molecule has 184 valence electrons. The highest BCUT2D eigenvalue weighted by Crippen LogP contribution is 2.24. The number of amides is 2. The molecule has 0 aliphatic carbocycles. The molecule has 0 aliphatic heterocycles. The van der Waals surface area contributed by atoms with Gasteiger partial charge in [-0.3, -0.25) is 9.59 Å². The number of halogens is 3. The van der Waals surface area contributed by atoms with Crippen LogP contribution in [0.2, 0.25) is 15.1 Å². The summed E-state index contributed by atoms with van der Waals surface area (Å²) in [6.07, 6.45) is 1.11. The molecule has 1 N–H and O–H groups in total. The Labute approximate surface area is 220 Å². The predicted molar refractivity (Wildman–Crippen MR) is 141 cm³/mol. The average Bonchev–Trinajstić information content (AvgIpc) is 2.85. The van der Waals surface area contributed by atoms with Crippen LogP contribution >= 0.6 is 34.8 Å². The van der Waals surface area contributed by atoms with Gasteiger partial charge in [-0.05, 0) is 47.9 Å². The fourth-order valence-electron chi connectivity index (χ4n) is 3.54. The van der Waals surface area contributed by atoms with Gasteiger partial charge in [-0.2, -0.15) is 0 Å². The van der Waals surface area contributed by atoms with E-state index < -0.39 is 6.04 Å². The average molecular weight is 534 g/mol. The molecule has 3 rings (SSSR count). The van der Waals surface area contributed by atoms with E-state index in [-0.39, 0.29) is 25.0 Å². The molecule has 0 fully saturated rings. The van der Waals surface area contributed by atoms with Gasteiger partial charge >= 0.3 is 0 Å². The van der Waals surface area contributed by atoms with Crippen molar-refractivity contribution in [2.75, 3.05) is 13.2 Å². The number of hydrogen-bond donors (Lipinski definition) is 1. The van der Waals surface area contributed by atoms with Crippen LogP contribution < -0.4 is 10.1 Å². The van der Waals surface area contributed by atoms with Crippen molar-refractivity contribution < 1.29 is 14.3 Å². The maximum absolute atomic E-state index is 13.5. The van der Waals surface area contributed by atoms with Crippen molar-refractivity contribution in [3.05, 3.63) is 99.0 Å². The second-order valence-electron chi connectivity index (χ2n) is 8.00. The van der Waals surface area contributed by atoms with Gasteiger partial charge in [0, 0.05) is 34.6 Å². The summed E-state index contributed by atoms with van der Waals surface area (Å²) < 4.78 is 5.72. The Morgan fingerprint density at radius 1 is 0.943 bits per heavy atom. The van der Waals surface area contributed by atoms with Crippen molar-refractivity contribution in [3.8, 4) is 5.75 Å². The maximum atomic E-state index is 13.5. The van der Waals surface area contributed by atoms with E-state index in [1.165, 1.54) is 4.90 Å². The third-order valence-electron chi connectivity index (χ3n) is 5.33. The normalized spacial score (nSPS) is 11.5. The highest BCUT2D eigenvalue weighted by molar-refractivity contribution is 6.35. The largest absolute Gasteiger partial charge is 0.484 e. The second kappa shape index (κ2) is 13.4. The Balaban J connectivity index is 1.92. The number of hydrogen-bond acceptors (Lipinski definition) is 3. The molecule has 3 aromatic carbocycles. The predicted octanol–water partition coefficient (Wildman–Crippen LogP) is 6.19. The van der Waals surface area contributed by atoms with E-state index in [9.17, 15) is 9.59 Å². The van der Waals surface area contributed by atoms with Crippen LogP contribution in [0.4, 0.5) is 0 Å². The van der Waals surface area contributed by atoms with E-state index in [1.807, 2.05) is 37.3 Å². The van der Waals surface area contributed by atoms with Gasteiger partial charge in [0.1, 0.15) is 11.8 Å². The molecule has 0 aliphatic rings. The highest BCUT2D eigenvalue weighted by Gasteiger charge is 2.31. The minimum Gasteiger partial charge on any atom is -0.484 e. The van der Waals surface area contributed by atoms with Gasteiger partial charge in [0.25, 0.3) is 5.91 Å². The van der Waals surface area contributed by atoms with Crippen LogP contribution in [0.25, 0.3) is 0 Å². The number of nitrogens with zero attached hydrogens (tertiary/aromatic N) is 1. The van der Waals surface area contributed by atoms with E-state index in [2.05, 4.69) is 5.32 Å². The lowest BCUT2D eigenvalue weighted by molar-refractivity contribution is -0.142. The molecular formula is C27H27Cl3N2O3. The number of nitrogens with one attached hydrogen (secondary N) is 1. The van der Waals surface area contributed by atoms with Gasteiger partial charge in [0.15, 0.2) is 6.61 Å². The quantitative estimate of drug-likeness (QED) is 0.320. The molecule has 3 aromatic rings. The van der Waals surface area contributed by atoms with Gasteiger partial charge in [-0.1, -0.05) is 84.2 Å². The standard InChI is InChI=1S/C27H27Cl3N2O3/c1-2-13-31-27(34)25(14-19-7-4-3-5-8-19)32(17-20-11-12-22(29)16-24(20)30)26(33)18-35-23-10-6-9-21(28)15-23/h3-12,15-16,25H,2,13-14,17-18H2,1H3,(H,31,34). The number of carbonyl (C=O) groups is 2. The van der Waals surface area contributed by atoms with Crippen molar-refractivity contribution >= 4 is 46.6 Å². The lowest BCUT2D eigenvalue weighted by Crippen LogP contribution is -2.51. The van der Waals surface area contributed by atoms with E-state index in [0.29, 0.717) is 39.3 Å². The second-order valence-corrected chi connectivity index (χ2v) is 9.28. The van der Waals surface area contributed by atoms with E-state index in [4.69, 9.17) is 39.5 Å². The van der Waals surface area contributed by atoms with Gasteiger partial charge in [-0.15, -0.1) is 0 Å². The van der Waals surface area contributed by atoms with Gasteiger partial charge in [-0.25, -0.2) is 0 Å². The van der Waals surface area contributed by atoms with Gasteiger partial charge < -0.3 is 15.0 Å². The van der Waals surface area contributed by atoms with E-state index in [1.54, 1.807) is 42.5 Å². The van der Waals surface area contributed by atoms with Crippen molar-refractivity contribution in [1.82, 2.24) is 10.2 Å². The molecule has 0 radical (unpaired) electrons. The Hall–Kier alpha value is -2.73. The Morgan fingerprint density at radius 3 is 2.37 bits per heavy atom. The first kappa shape index (κ1) is 26.9. The molecule has 0 aromatic heterocycles. The number of rotatable bonds is 11. The van der Waals surface area contributed by atoms with Crippen molar-refractivity contribution in [2.45, 2.75) is 32.4 Å². The summed E-state index contributed by atoms with van der Waals surface area (Å²) in [5.41, 5.74) is 1.61. The SMILES string of the molecule is CCCNC(=O)C(Cc1ccccc1)N(Cc1ccc(Cl)cc1Cl)C(=O)COc1cccc(Cl)c1. The Morgan fingerprint density at radius 2 is 1.69 bits per heavy atom. The summed E-state index contributed by atoms with van der Waals surface area (Å²) in [6.45, 7) is 2.33. The maximum Gasteiger partial charge on any atom is 0.261 e. The van der Waals surface area contributed by atoms with Crippen LogP contribution in [0, 0.1) is 0 Å². The smallest absolute Gasteiger partial charge is 0.261 e. The fourth-order valence-corrected chi connectivity index (χ4v) is 4.19. The third-order valence-corrected chi connectivity index (χ3v) is 6.16. The first-order valence-electron chi connectivity index (χ1n) is 11.3. The summed E-state index contributed by atoms with van der Waals surface area (Å²) in [5, 5.41) is 4.34. The van der Waals surface area contributed by atoms with Crippen LogP contribution in [0.15, 0.2) is 72.8 Å². The van der Waals surface area contributed by atoms with Crippen LogP contribution in [-0.2, 0) is 22.6 Å². The molecule has 1 atom stereocenters. The molecule has 0 spiro atoms. The molecule has 8 heteroatoms. The van der Waals surface area contributed by atoms with E-state index >= 15 is 0 Å². The molecule has 0 heterocycles. The molecule has 1 unspecified atom stereocenters. The lowest BCUT2D eigenvalue weighted by atomic mass is 10.0. The third kappa shape index (κ3) is 8.17. The topological polar surface area (TPSA) is 58.6 Å². The first-order chi connectivity index (χ1) is 16.9. The lowest BCUT2D eigenvalue weighted by Gasteiger charge is -2.31. The van der Waals surface area contributed by atoms with Gasteiger partial charge in [0.05, 0.1) is 0 Å². The fraction of sp³-hybridized carbons (Fsp3) is 0.259. The van der Waals surface area contributed by atoms with E-state index in [0.717, 1.165) is 12.0 Å². The molecular weight excluding hydrogens is 507 g/mol. The summed E-state index contributed by atoms with van der Waals surface area (Å²) in [4.78, 5) is 28.3. The first-order valence-corrected chi connectivity index (χ1v) is 12.4. The van der Waals surface area contributed by atoms with Gasteiger partial charge in [0.2, 0.25) is 5.91 Å². The van der Waals surface area contributed by atoms with Crippen molar-refractivity contribution in [2.24, 2.45) is 0 Å². The van der Waals surface area contributed by atoms with Crippen LogP contribution in [0.1, 0.15) is 24.5 Å². The van der Waals surface area contributed by atoms with Crippen molar-refractivity contribution in [3.63, 3.8) is 0 Å². The summed E-state index contributed by atoms with van der Waals surface area (Å²) in [6, 6.07) is 20.7. The molecule has 35 heavy (non-hydrogen) atoms. The molecule has 0 bridgehead atoms. The minimum absolute atomic E-state index is 0.116. The minimum atomic E-state index is -0.772. The zero-order valence-electron chi connectivity index (χ0n) is 19.3. The van der Waals surface area contributed by atoms with Crippen LogP contribution in [0.3, 0.4) is 0 Å². The summed E-state index contributed by atoms with van der Waals surface area (Å²) >= 11 is 18.5. The molecule has 0 saturated carbocycles. The Bertz CT molecular complexity index is 1140. The highest BCUT2D eigenvalue weighted by atomic mass is 35.5. The summed E-state index contributed by atoms with van der Waals surface area (Å²) in [5.74, 6) is -0.133.